The smallest absolute Gasteiger partial charge is 0.227 e. The van der Waals surface area contributed by atoms with E-state index in [0.29, 0.717) is 18.0 Å². The van der Waals surface area contributed by atoms with E-state index in [-0.39, 0.29) is 5.41 Å². The first-order valence-corrected chi connectivity index (χ1v) is 9.14. The lowest BCUT2D eigenvalue weighted by Gasteiger charge is -2.24. The highest BCUT2D eigenvalue weighted by molar-refractivity contribution is 5.24. The summed E-state index contributed by atoms with van der Waals surface area (Å²) in [5.41, 5.74) is 1.59. The van der Waals surface area contributed by atoms with Gasteiger partial charge in [0.2, 0.25) is 5.89 Å². The standard InChI is InChI=1S/C20H27N3O/c1-20(2,3)13-18-21-19(22-24-18)15-12-17(14-8-5-4-6-9-14)23-11-7-10-16(15)23/h4-6,8-9,15-17H,7,10-13H2,1-3H3/t15-,16+,17-/m0/s1. The molecule has 0 amide bonds. The highest BCUT2D eigenvalue weighted by Gasteiger charge is 2.46. The lowest BCUT2D eigenvalue weighted by molar-refractivity contribution is 0.243. The van der Waals surface area contributed by atoms with E-state index in [1.807, 2.05) is 0 Å². The van der Waals surface area contributed by atoms with Crippen molar-refractivity contribution in [3.63, 3.8) is 0 Å². The molecule has 2 aromatic rings. The summed E-state index contributed by atoms with van der Waals surface area (Å²) in [6.45, 7) is 7.80. The van der Waals surface area contributed by atoms with E-state index in [2.05, 4.69) is 61.2 Å². The maximum atomic E-state index is 5.56. The van der Waals surface area contributed by atoms with Crippen molar-refractivity contribution in [2.24, 2.45) is 5.41 Å². The Labute approximate surface area is 144 Å². The first-order chi connectivity index (χ1) is 11.5. The Morgan fingerprint density at radius 2 is 2.00 bits per heavy atom. The first-order valence-electron chi connectivity index (χ1n) is 9.14. The van der Waals surface area contributed by atoms with Gasteiger partial charge in [-0.1, -0.05) is 56.3 Å². The molecule has 24 heavy (non-hydrogen) atoms. The molecule has 0 spiro atoms. The zero-order chi connectivity index (χ0) is 16.7. The minimum absolute atomic E-state index is 0.172. The molecule has 2 aliphatic heterocycles. The molecule has 0 saturated carbocycles. The van der Waals surface area contributed by atoms with Crippen molar-refractivity contribution in [1.82, 2.24) is 15.0 Å². The lowest BCUT2D eigenvalue weighted by atomic mass is 9.92. The van der Waals surface area contributed by atoms with Crippen molar-refractivity contribution < 1.29 is 4.52 Å². The van der Waals surface area contributed by atoms with Crippen LogP contribution in [0, 0.1) is 5.41 Å². The van der Waals surface area contributed by atoms with E-state index in [1.165, 1.54) is 24.9 Å². The summed E-state index contributed by atoms with van der Waals surface area (Å²) in [7, 11) is 0. The van der Waals surface area contributed by atoms with Crippen LogP contribution in [0.4, 0.5) is 0 Å². The molecule has 4 rings (SSSR count). The number of rotatable bonds is 3. The third-order valence-electron chi connectivity index (χ3n) is 5.37. The molecule has 2 aliphatic rings. The highest BCUT2D eigenvalue weighted by Crippen LogP contribution is 2.48. The average molecular weight is 325 g/mol. The van der Waals surface area contributed by atoms with Crippen LogP contribution in [0.3, 0.4) is 0 Å². The van der Waals surface area contributed by atoms with E-state index in [0.717, 1.165) is 24.6 Å². The zero-order valence-corrected chi connectivity index (χ0v) is 14.9. The first kappa shape index (κ1) is 15.8. The summed E-state index contributed by atoms with van der Waals surface area (Å²) in [4.78, 5) is 7.43. The molecule has 2 fully saturated rings. The third kappa shape index (κ3) is 3.00. The largest absolute Gasteiger partial charge is 0.339 e. The maximum Gasteiger partial charge on any atom is 0.227 e. The Morgan fingerprint density at radius 1 is 1.21 bits per heavy atom. The van der Waals surface area contributed by atoms with Crippen LogP contribution < -0.4 is 0 Å². The van der Waals surface area contributed by atoms with Gasteiger partial charge in [0.1, 0.15) is 0 Å². The summed E-state index contributed by atoms with van der Waals surface area (Å²) >= 11 is 0. The van der Waals surface area contributed by atoms with Gasteiger partial charge in [-0.05, 0) is 36.8 Å². The Balaban J connectivity index is 1.58. The van der Waals surface area contributed by atoms with Crippen LogP contribution in [-0.2, 0) is 6.42 Å². The van der Waals surface area contributed by atoms with Gasteiger partial charge in [0.05, 0.1) is 0 Å². The SMILES string of the molecule is CC(C)(C)Cc1nc([C@H]2C[C@@H](c3ccccc3)N3CCC[C@H]23)no1. The van der Waals surface area contributed by atoms with Gasteiger partial charge < -0.3 is 4.52 Å². The van der Waals surface area contributed by atoms with Gasteiger partial charge >= 0.3 is 0 Å². The Morgan fingerprint density at radius 3 is 2.75 bits per heavy atom. The maximum absolute atomic E-state index is 5.56. The fourth-order valence-corrected chi connectivity index (χ4v) is 4.39. The van der Waals surface area contributed by atoms with Gasteiger partial charge in [0.25, 0.3) is 0 Å². The van der Waals surface area contributed by atoms with Crippen LogP contribution in [0.25, 0.3) is 0 Å². The van der Waals surface area contributed by atoms with Gasteiger partial charge in [-0.25, -0.2) is 0 Å². The van der Waals surface area contributed by atoms with Crippen LogP contribution >= 0.6 is 0 Å². The molecule has 1 aromatic heterocycles. The van der Waals surface area contributed by atoms with Gasteiger partial charge in [0, 0.05) is 24.4 Å². The summed E-state index contributed by atoms with van der Waals surface area (Å²) < 4.78 is 5.56. The van der Waals surface area contributed by atoms with Gasteiger partial charge in [0.15, 0.2) is 5.82 Å². The predicted octanol–water partition coefficient (Wildman–Crippen LogP) is 4.35. The van der Waals surface area contributed by atoms with Crippen LogP contribution in [0.2, 0.25) is 0 Å². The van der Waals surface area contributed by atoms with Crippen LogP contribution in [0.1, 0.15) is 69.3 Å². The highest BCUT2D eigenvalue weighted by atomic mass is 16.5. The number of nitrogens with zero attached hydrogens (tertiary/aromatic N) is 3. The van der Waals surface area contributed by atoms with Crippen LogP contribution in [0.15, 0.2) is 34.9 Å². The average Bonchev–Trinajstić information content (AvgIpc) is 3.22. The van der Waals surface area contributed by atoms with Gasteiger partial charge in [-0.2, -0.15) is 4.98 Å². The molecule has 4 heteroatoms. The lowest BCUT2D eigenvalue weighted by Crippen LogP contribution is -2.27. The monoisotopic (exact) mass is 325 g/mol. The Kier molecular flexibility index (Phi) is 3.95. The number of benzene rings is 1. The third-order valence-corrected chi connectivity index (χ3v) is 5.37. The molecular formula is C20H27N3O. The molecule has 128 valence electrons. The fourth-order valence-electron chi connectivity index (χ4n) is 4.39. The van der Waals surface area contributed by atoms with Crippen molar-refractivity contribution in [2.45, 2.75) is 64.5 Å². The summed E-state index contributed by atoms with van der Waals surface area (Å²) in [5.74, 6) is 2.10. The molecule has 0 N–H and O–H groups in total. The quantitative estimate of drug-likeness (QED) is 0.841. The second-order valence-corrected chi connectivity index (χ2v) is 8.50. The van der Waals surface area contributed by atoms with Crippen LogP contribution in [-0.4, -0.2) is 27.6 Å². The number of hydrogen-bond donors (Lipinski definition) is 0. The Bertz CT molecular complexity index is 688. The summed E-state index contributed by atoms with van der Waals surface area (Å²) in [6, 6.07) is 11.9. The second kappa shape index (κ2) is 5.99. The van der Waals surface area contributed by atoms with Crippen molar-refractivity contribution in [3.05, 3.63) is 47.6 Å². The zero-order valence-electron chi connectivity index (χ0n) is 14.9. The van der Waals surface area contributed by atoms with E-state index in [4.69, 9.17) is 9.51 Å². The molecule has 0 aliphatic carbocycles. The molecule has 2 saturated heterocycles. The molecular weight excluding hydrogens is 298 g/mol. The molecule has 3 heterocycles. The minimum atomic E-state index is 0.172. The number of fused-ring (bicyclic) bond motifs is 1. The number of hydrogen-bond acceptors (Lipinski definition) is 4. The molecule has 1 aromatic carbocycles. The van der Waals surface area contributed by atoms with E-state index in [9.17, 15) is 0 Å². The summed E-state index contributed by atoms with van der Waals surface area (Å²) in [6.07, 6.45) is 4.46. The minimum Gasteiger partial charge on any atom is -0.339 e. The van der Waals surface area contributed by atoms with E-state index in [1.54, 1.807) is 0 Å². The van der Waals surface area contributed by atoms with Crippen molar-refractivity contribution in [2.75, 3.05) is 6.54 Å². The fraction of sp³-hybridized carbons (Fsp3) is 0.600. The summed E-state index contributed by atoms with van der Waals surface area (Å²) in [5, 5.41) is 4.36. The molecule has 0 bridgehead atoms. The normalized spacial score (nSPS) is 27.5. The van der Waals surface area contributed by atoms with E-state index < -0.39 is 0 Å². The van der Waals surface area contributed by atoms with Crippen molar-refractivity contribution >= 4 is 0 Å². The Hall–Kier alpha value is -1.68. The molecule has 3 atom stereocenters. The van der Waals surface area contributed by atoms with Crippen molar-refractivity contribution in [1.29, 1.82) is 0 Å². The number of aromatic nitrogens is 2. The topological polar surface area (TPSA) is 42.2 Å². The molecule has 0 unspecified atom stereocenters. The van der Waals surface area contributed by atoms with Crippen LogP contribution in [0.5, 0.6) is 0 Å². The van der Waals surface area contributed by atoms with Gasteiger partial charge in [-0.15, -0.1) is 0 Å². The predicted molar refractivity (Wildman–Crippen MR) is 93.7 cm³/mol. The van der Waals surface area contributed by atoms with E-state index >= 15 is 0 Å². The van der Waals surface area contributed by atoms with Gasteiger partial charge in [-0.3, -0.25) is 4.90 Å². The molecule has 4 nitrogen and oxygen atoms in total. The second-order valence-electron chi connectivity index (χ2n) is 8.50. The molecule has 0 radical (unpaired) electrons. The van der Waals surface area contributed by atoms with Crippen molar-refractivity contribution in [3.8, 4) is 0 Å².